The highest BCUT2D eigenvalue weighted by atomic mass is 16.5. The highest BCUT2D eigenvalue weighted by Crippen LogP contribution is 2.14. The van der Waals surface area contributed by atoms with E-state index in [1.165, 1.54) is 0 Å². The van der Waals surface area contributed by atoms with Crippen LogP contribution in [0.15, 0.2) is 12.3 Å². The number of hydrogen-bond donors (Lipinski definition) is 1. The van der Waals surface area contributed by atoms with Crippen molar-refractivity contribution < 1.29 is 9.84 Å². The molecule has 0 amide bonds. The minimum Gasteiger partial charge on any atom is -0.390 e. The zero-order valence-corrected chi connectivity index (χ0v) is 12.1. The maximum absolute atomic E-state index is 10.2. The van der Waals surface area contributed by atoms with Crippen LogP contribution in [0.4, 0.5) is 0 Å². The average Bonchev–Trinajstić information content (AvgIpc) is 2.86. The summed E-state index contributed by atoms with van der Waals surface area (Å²) < 4.78 is 7.60. The third-order valence-electron chi connectivity index (χ3n) is 3.85. The van der Waals surface area contributed by atoms with Crippen molar-refractivity contribution in [2.45, 2.75) is 44.9 Å². The summed E-state index contributed by atoms with van der Waals surface area (Å²) in [5, 5.41) is 14.8. The van der Waals surface area contributed by atoms with Crippen molar-refractivity contribution in [2.75, 3.05) is 26.7 Å². The van der Waals surface area contributed by atoms with E-state index in [0.717, 1.165) is 25.2 Å². The highest BCUT2D eigenvalue weighted by molar-refractivity contribution is 5.02. The molecule has 0 aromatic carbocycles. The first-order valence-electron chi connectivity index (χ1n) is 7.12. The van der Waals surface area contributed by atoms with Crippen molar-refractivity contribution in [3.8, 4) is 0 Å². The first kappa shape index (κ1) is 14.5. The van der Waals surface area contributed by atoms with E-state index in [4.69, 9.17) is 4.74 Å². The van der Waals surface area contributed by atoms with E-state index in [9.17, 15) is 5.11 Å². The summed E-state index contributed by atoms with van der Waals surface area (Å²) in [6.07, 6.45) is 3.02. The lowest BCUT2D eigenvalue weighted by Gasteiger charge is -2.32. The summed E-state index contributed by atoms with van der Waals surface area (Å²) in [6, 6.07) is 2.39. The summed E-state index contributed by atoms with van der Waals surface area (Å²) in [7, 11) is 2.06. The Morgan fingerprint density at radius 2 is 2.37 bits per heavy atom. The van der Waals surface area contributed by atoms with Gasteiger partial charge in [-0.3, -0.25) is 4.68 Å². The fourth-order valence-electron chi connectivity index (χ4n) is 2.31. The fraction of sp³-hybridized carbons (Fsp3) is 0.786. The van der Waals surface area contributed by atoms with Gasteiger partial charge in [-0.25, -0.2) is 0 Å². The number of hydrogen-bond acceptors (Lipinski definition) is 4. The van der Waals surface area contributed by atoms with Crippen LogP contribution in [0.5, 0.6) is 0 Å². The number of ether oxygens (including phenoxy) is 1. The Labute approximate surface area is 115 Å². The lowest BCUT2D eigenvalue weighted by atomic mass is 10.1. The quantitative estimate of drug-likeness (QED) is 0.867. The molecule has 2 heterocycles. The summed E-state index contributed by atoms with van der Waals surface area (Å²) in [5.41, 5.74) is 0.935. The molecule has 108 valence electrons. The van der Waals surface area contributed by atoms with Gasteiger partial charge in [-0.2, -0.15) is 5.10 Å². The highest BCUT2D eigenvalue weighted by Gasteiger charge is 2.25. The average molecular weight is 267 g/mol. The van der Waals surface area contributed by atoms with Gasteiger partial charge < -0.3 is 14.7 Å². The van der Waals surface area contributed by atoms with Gasteiger partial charge in [0.05, 0.1) is 24.5 Å². The molecule has 1 saturated heterocycles. The molecule has 1 aliphatic rings. The minimum absolute atomic E-state index is 0.104. The Kier molecular flexibility index (Phi) is 4.96. The molecule has 19 heavy (non-hydrogen) atoms. The van der Waals surface area contributed by atoms with Crippen LogP contribution in [-0.4, -0.2) is 58.7 Å². The maximum Gasteiger partial charge on any atom is 0.0964 e. The van der Waals surface area contributed by atoms with Gasteiger partial charge in [-0.15, -0.1) is 0 Å². The third kappa shape index (κ3) is 3.78. The number of likely N-dealkylation sites (N-methyl/N-ethyl adjacent to an activating group) is 1. The molecule has 1 N–H and O–H groups in total. The summed E-state index contributed by atoms with van der Waals surface area (Å²) >= 11 is 0. The lowest BCUT2D eigenvalue weighted by molar-refractivity contribution is -0.0826. The third-order valence-corrected chi connectivity index (χ3v) is 3.85. The van der Waals surface area contributed by atoms with Crippen LogP contribution in [0.2, 0.25) is 0 Å². The van der Waals surface area contributed by atoms with Crippen molar-refractivity contribution in [1.29, 1.82) is 0 Å². The summed E-state index contributed by atoms with van der Waals surface area (Å²) in [5.74, 6) is 0. The van der Waals surface area contributed by atoms with E-state index in [2.05, 4.69) is 30.9 Å². The Morgan fingerprint density at radius 1 is 1.58 bits per heavy atom. The molecule has 1 aliphatic heterocycles. The van der Waals surface area contributed by atoms with Gasteiger partial charge in [-0.05, 0) is 26.5 Å². The predicted molar refractivity (Wildman–Crippen MR) is 74.2 cm³/mol. The number of morpholine rings is 1. The SMILES string of the molecule is CCC(C)n1ccc(CC(O)C2CN(C)CCO2)n1. The molecule has 0 bridgehead atoms. The predicted octanol–water partition coefficient (Wildman–Crippen LogP) is 1.09. The van der Waals surface area contributed by atoms with Gasteiger partial charge in [0.15, 0.2) is 0 Å². The second-order valence-electron chi connectivity index (χ2n) is 5.49. The van der Waals surface area contributed by atoms with Crippen LogP contribution in [0.1, 0.15) is 32.0 Å². The molecule has 1 aromatic heterocycles. The summed E-state index contributed by atoms with van der Waals surface area (Å²) in [6.45, 7) is 6.71. The first-order chi connectivity index (χ1) is 9.10. The smallest absolute Gasteiger partial charge is 0.0964 e. The van der Waals surface area contributed by atoms with E-state index in [0.29, 0.717) is 19.1 Å². The molecule has 3 unspecified atom stereocenters. The molecule has 1 aromatic rings. The van der Waals surface area contributed by atoms with Gasteiger partial charge in [0.25, 0.3) is 0 Å². The van der Waals surface area contributed by atoms with Gasteiger partial charge >= 0.3 is 0 Å². The molecule has 0 spiro atoms. The van der Waals surface area contributed by atoms with Crippen LogP contribution >= 0.6 is 0 Å². The number of aliphatic hydroxyl groups excluding tert-OH is 1. The lowest BCUT2D eigenvalue weighted by Crippen LogP contribution is -2.46. The van der Waals surface area contributed by atoms with E-state index < -0.39 is 6.10 Å². The van der Waals surface area contributed by atoms with Gasteiger partial charge in [0.1, 0.15) is 0 Å². The molecule has 5 nitrogen and oxygen atoms in total. The number of aromatic nitrogens is 2. The van der Waals surface area contributed by atoms with Crippen LogP contribution < -0.4 is 0 Å². The van der Waals surface area contributed by atoms with Gasteiger partial charge in [0.2, 0.25) is 0 Å². The zero-order valence-electron chi connectivity index (χ0n) is 12.1. The van der Waals surface area contributed by atoms with Crippen molar-refractivity contribution in [1.82, 2.24) is 14.7 Å². The van der Waals surface area contributed by atoms with E-state index in [1.54, 1.807) is 0 Å². The standard InChI is InChI=1S/C14H25N3O2/c1-4-11(2)17-6-5-12(15-17)9-13(18)14-10-16(3)7-8-19-14/h5-6,11,13-14,18H,4,7-10H2,1-3H3. The molecule has 2 rings (SSSR count). The topological polar surface area (TPSA) is 50.5 Å². The largest absolute Gasteiger partial charge is 0.390 e. The molecule has 0 radical (unpaired) electrons. The monoisotopic (exact) mass is 267 g/mol. The Morgan fingerprint density at radius 3 is 3.05 bits per heavy atom. The second-order valence-corrected chi connectivity index (χ2v) is 5.49. The molecule has 0 saturated carbocycles. The van der Waals surface area contributed by atoms with Gasteiger partial charge in [-0.1, -0.05) is 6.92 Å². The molecule has 3 atom stereocenters. The van der Waals surface area contributed by atoms with Crippen molar-refractivity contribution >= 4 is 0 Å². The van der Waals surface area contributed by atoms with Crippen LogP contribution in [0.25, 0.3) is 0 Å². The normalized spacial score (nSPS) is 24.3. The molecule has 1 fully saturated rings. The van der Waals surface area contributed by atoms with E-state index in [-0.39, 0.29) is 6.10 Å². The Bertz CT molecular complexity index is 394. The number of aliphatic hydroxyl groups is 1. The van der Waals surface area contributed by atoms with E-state index in [1.807, 2.05) is 16.9 Å². The van der Waals surface area contributed by atoms with Gasteiger partial charge in [0, 0.05) is 31.7 Å². The van der Waals surface area contributed by atoms with Crippen molar-refractivity contribution in [2.24, 2.45) is 0 Å². The van der Waals surface area contributed by atoms with Crippen molar-refractivity contribution in [3.63, 3.8) is 0 Å². The number of nitrogens with zero attached hydrogens (tertiary/aromatic N) is 3. The Balaban J connectivity index is 1.91. The number of rotatable bonds is 5. The zero-order chi connectivity index (χ0) is 13.8. The van der Waals surface area contributed by atoms with Crippen LogP contribution in [-0.2, 0) is 11.2 Å². The molecular formula is C14H25N3O2. The minimum atomic E-state index is -0.483. The Hall–Kier alpha value is -0.910. The first-order valence-corrected chi connectivity index (χ1v) is 7.12. The molecular weight excluding hydrogens is 242 g/mol. The van der Waals surface area contributed by atoms with Crippen molar-refractivity contribution in [3.05, 3.63) is 18.0 Å². The maximum atomic E-state index is 10.2. The van der Waals surface area contributed by atoms with Crippen LogP contribution in [0.3, 0.4) is 0 Å². The fourth-order valence-corrected chi connectivity index (χ4v) is 2.31. The summed E-state index contributed by atoms with van der Waals surface area (Å²) in [4.78, 5) is 2.19. The van der Waals surface area contributed by atoms with E-state index >= 15 is 0 Å². The van der Waals surface area contributed by atoms with Crippen LogP contribution in [0, 0.1) is 0 Å². The molecule has 0 aliphatic carbocycles. The molecule has 5 heteroatoms. The second kappa shape index (κ2) is 6.50.